The molecule has 0 radical (unpaired) electrons. The zero-order valence-electron chi connectivity index (χ0n) is 13.8. The molecule has 3 aliphatic rings. The van der Waals surface area contributed by atoms with Gasteiger partial charge in [-0.1, -0.05) is 18.2 Å². The van der Waals surface area contributed by atoms with Crippen LogP contribution in [0.1, 0.15) is 37.7 Å². The van der Waals surface area contributed by atoms with E-state index in [2.05, 4.69) is 33.3 Å². The molecule has 0 aromatic heterocycles. The Balaban J connectivity index is 1.41. The number of hydrogen-bond acceptors (Lipinski definition) is 3. The number of carbonyl (C=O) groups excluding carboxylic acids is 1. The van der Waals surface area contributed by atoms with E-state index >= 15 is 0 Å². The van der Waals surface area contributed by atoms with Crippen LogP contribution in [-0.2, 0) is 11.2 Å². The molecule has 0 spiro atoms. The van der Waals surface area contributed by atoms with Gasteiger partial charge < -0.3 is 15.1 Å². The van der Waals surface area contributed by atoms with Crippen LogP contribution in [0.2, 0.25) is 0 Å². The van der Waals surface area contributed by atoms with Crippen LogP contribution in [0.15, 0.2) is 24.3 Å². The highest BCUT2D eigenvalue weighted by molar-refractivity contribution is 6.01. The molecule has 1 unspecified atom stereocenters. The fourth-order valence-electron chi connectivity index (χ4n) is 4.55. The van der Waals surface area contributed by atoms with Crippen LogP contribution >= 0.6 is 0 Å². The third kappa shape index (κ3) is 3.02. The summed E-state index contributed by atoms with van der Waals surface area (Å²) in [4.78, 5) is 17.2. The number of carbonyl (C=O) groups is 1. The van der Waals surface area contributed by atoms with Crippen LogP contribution in [0.5, 0.6) is 0 Å². The number of amides is 1. The molecule has 0 saturated carbocycles. The molecule has 1 aromatic carbocycles. The molecule has 3 aliphatic heterocycles. The summed E-state index contributed by atoms with van der Waals surface area (Å²) in [5, 5.41) is 3.51. The van der Waals surface area contributed by atoms with Gasteiger partial charge in [0.2, 0.25) is 5.91 Å². The Kier molecular flexibility index (Phi) is 4.36. The standard InChI is InChI=1S/C19H27N3O/c23-19-14-15-4-1-2-6-18(15)22(19)17-8-12-21(13-9-17)16-5-3-10-20-11-7-16/h1-2,4,6,16-17,20H,3,5,7-14H2. The smallest absolute Gasteiger partial charge is 0.231 e. The number of nitrogens with zero attached hydrogens (tertiary/aromatic N) is 2. The van der Waals surface area contributed by atoms with E-state index < -0.39 is 0 Å². The zero-order valence-corrected chi connectivity index (χ0v) is 13.8. The topological polar surface area (TPSA) is 35.6 Å². The maximum absolute atomic E-state index is 12.5. The summed E-state index contributed by atoms with van der Waals surface area (Å²) in [6, 6.07) is 9.44. The largest absolute Gasteiger partial charge is 0.317 e. The Labute approximate surface area is 138 Å². The first kappa shape index (κ1) is 15.2. The lowest BCUT2D eigenvalue weighted by Crippen LogP contribution is -2.49. The second-order valence-corrected chi connectivity index (χ2v) is 7.17. The number of piperidine rings is 1. The van der Waals surface area contributed by atoms with Gasteiger partial charge in [0.05, 0.1) is 6.42 Å². The van der Waals surface area contributed by atoms with Gasteiger partial charge in [-0.05, 0) is 56.8 Å². The van der Waals surface area contributed by atoms with Gasteiger partial charge in [0.25, 0.3) is 0 Å². The highest BCUT2D eigenvalue weighted by Crippen LogP contribution is 2.33. The third-order valence-corrected chi connectivity index (χ3v) is 5.79. The van der Waals surface area contributed by atoms with Gasteiger partial charge in [0.1, 0.15) is 0 Å². The molecular weight excluding hydrogens is 286 g/mol. The molecule has 0 bridgehead atoms. The predicted molar refractivity (Wildman–Crippen MR) is 92.7 cm³/mol. The van der Waals surface area contributed by atoms with Crippen molar-refractivity contribution in [3.63, 3.8) is 0 Å². The van der Waals surface area contributed by atoms with Crippen molar-refractivity contribution < 1.29 is 4.79 Å². The molecule has 23 heavy (non-hydrogen) atoms. The fourth-order valence-corrected chi connectivity index (χ4v) is 4.55. The Morgan fingerprint density at radius 1 is 0.957 bits per heavy atom. The van der Waals surface area contributed by atoms with Gasteiger partial charge >= 0.3 is 0 Å². The molecule has 0 aliphatic carbocycles. The first-order valence-electron chi connectivity index (χ1n) is 9.17. The van der Waals surface area contributed by atoms with Crippen molar-refractivity contribution in [2.24, 2.45) is 0 Å². The summed E-state index contributed by atoms with van der Waals surface area (Å²) in [7, 11) is 0. The number of likely N-dealkylation sites (tertiary alicyclic amines) is 1. The normalized spacial score (nSPS) is 27.0. The minimum absolute atomic E-state index is 0.295. The van der Waals surface area contributed by atoms with Crippen molar-refractivity contribution in [2.75, 3.05) is 31.1 Å². The highest BCUT2D eigenvalue weighted by atomic mass is 16.2. The van der Waals surface area contributed by atoms with Gasteiger partial charge in [-0.3, -0.25) is 4.79 Å². The molecule has 2 saturated heterocycles. The molecule has 4 nitrogen and oxygen atoms in total. The van der Waals surface area contributed by atoms with Crippen LogP contribution in [0.4, 0.5) is 5.69 Å². The Hall–Kier alpha value is -1.39. The summed E-state index contributed by atoms with van der Waals surface area (Å²) >= 11 is 0. The number of hydrogen-bond donors (Lipinski definition) is 1. The number of rotatable bonds is 2. The molecule has 1 amide bonds. The van der Waals surface area contributed by atoms with Crippen LogP contribution in [0, 0.1) is 0 Å². The maximum atomic E-state index is 12.5. The molecule has 1 atom stereocenters. The Morgan fingerprint density at radius 3 is 2.65 bits per heavy atom. The molecule has 1 N–H and O–H groups in total. The maximum Gasteiger partial charge on any atom is 0.231 e. The van der Waals surface area contributed by atoms with Crippen molar-refractivity contribution in [1.82, 2.24) is 10.2 Å². The average molecular weight is 313 g/mol. The van der Waals surface area contributed by atoms with Crippen LogP contribution in [0.25, 0.3) is 0 Å². The third-order valence-electron chi connectivity index (χ3n) is 5.79. The van der Waals surface area contributed by atoms with Crippen LogP contribution in [-0.4, -0.2) is 49.1 Å². The van der Waals surface area contributed by atoms with E-state index in [1.165, 1.54) is 31.4 Å². The van der Waals surface area contributed by atoms with Crippen molar-refractivity contribution in [1.29, 1.82) is 0 Å². The van der Waals surface area contributed by atoms with E-state index in [0.29, 0.717) is 18.4 Å². The number of anilines is 1. The molecule has 4 heteroatoms. The lowest BCUT2D eigenvalue weighted by molar-refractivity contribution is -0.118. The summed E-state index contributed by atoms with van der Waals surface area (Å²) < 4.78 is 0. The van der Waals surface area contributed by atoms with E-state index in [4.69, 9.17) is 0 Å². The predicted octanol–water partition coefficient (Wildman–Crippen LogP) is 2.18. The van der Waals surface area contributed by atoms with Gasteiger partial charge in [0, 0.05) is 30.9 Å². The summed E-state index contributed by atoms with van der Waals surface area (Å²) in [6.45, 7) is 4.61. The van der Waals surface area contributed by atoms with Crippen LogP contribution in [0.3, 0.4) is 0 Å². The SMILES string of the molecule is O=C1Cc2ccccc2N1C1CCN(C2CCCNCC2)CC1. The summed E-state index contributed by atoms with van der Waals surface area (Å²) in [6.07, 6.45) is 6.71. The summed E-state index contributed by atoms with van der Waals surface area (Å²) in [5.74, 6) is 0.295. The Bertz CT molecular complexity index is 557. The van der Waals surface area contributed by atoms with Gasteiger partial charge in [0.15, 0.2) is 0 Å². The summed E-state index contributed by atoms with van der Waals surface area (Å²) in [5.41, 5.74) is 2.37. The molecule has 2 fully saturated rings. The number of nitrogens with one attached hydrogen (secondary N) is 1. The lowest BCUT2D eigenvalue weighted by atomic mass is 9.98. The Morgan fingerprint density at radius 2 is 1.78 bits per heavy atom. The average Bonchev–Trinajstić information content (AvgIpc) is 2.76. The second-order valence-electron chi connectivity index (χ2n) is 7.17. The zero-order chi connectivity index (χ0) is 15.6. The second kappa shape index (κ2) is 6.62. The fraction of sp³-hybridized carbons (Fsp3) is 0.632. The quantitative estimate of drug-likeness (QED) is 0.909. The van der Waals surface area contributed by atoms with Gasteiger partial charge in [-0.25, -0.2) is 0 Å². The first-order valence-corrected chi connectivity index (χ1v) is 9.17. The molecule has 124 valence electrons. The van der Waals surface area contributed by atoms with E-state index in [-0.39, 0.29) is 0 Å². The van der Waals surface area contributed by atoms with Gasteiger partial charge in [-0.2, -0.15) is 0 Å². The minimum Gasteiger partial charge on any atom is -0.317 e. The van der Waals surface area contributed by atoms with E-state index in [1.54, 1.807) is 0 Å². The van der Waals surface area contributed by atoms with E-state index in [9.17, 15) is 4.79 Å². The van der Waals surface area contributed by atoms with Crippen molar-refractivity contribution in [2.45, 2.75) is 50.6 Å². The van der Waals surface area contributed by atoms with Gasteiger partial charge in [-0.15, -0.1) is 0 Å². The van der Waals surface area contributed by atoms with E-state index in [0.717, 1.165) is 44.2 Å². The molecule has 4 rings (SSSR count). The van der Waals surface area contributed by atoms with Crippen molar-refractivity contribution in [3.05, 3.63) is 29.8 Å². The minimum atomic E-state index is 0.295. The number of benzene rings is 1. The van der Waals surface area contributed by atoms with Crippen LogP contribution < -0.4 is 10.2 Å². The van der Waals surface area contributed by atoms with Crippen molar-refractivity contribution in [3.8, 4) is 0 Å². The van der Waals surface area contributed by atoms with Crippen molar-refractivity contribution >= 4 is 11.6 Å². The molecule has 1 aromatic rings. The molecule has 3 heterocycles. The lowest BCUT2D eigenvalue weighted by Gasteiger charge is -2.40. The van der Waals surface area contributed by atoms with E-state index in [1.807, 2.05) is 6.07 Å². The first-order chi connectivity index (χ1) is 11.3. The molecular formula is C19H27N3O. The highest BCUT2D eigenvalue weighted by Gasteiger charge is 2.35. The monoisotopic (exact) mass is 313 g/mol. The number of para-hydroxylation sites is 1. The number of fused-ring (bicyclic) bond motifs is 1.